The number of anilines is 1. The number of hydrogen-bond donors (Lipinski definition) is 0. The number of halogens is 1. The molecule has 20 heavy (non-hydrogen) atoms. The van der Waals surface area contributed by atoms with Gasteiger partial charge in [-0.25, -0.2) is 4.39 Å². The molecule has 0 aliphatic carbocycles. The number of fused-ring (bicyclic) bond motifs is 1. The molecule has 0 atom stereocenters. The molecule has 0 saturated carbocycles. The molecule has 2 aromatic carbocycles. The fraction of sp³-hybridized carbons (Fsp3) is 0.294. The molecule has 0 fully saturated rings. The van der Waals surface area contributed by atoms with Crippen LogP contribution >= 0.6 is 0 Å². The molecule has 1 heterocycles. The molecule has 0 saturated heterocycles. The lowest BCUT2D eigenvalue weighted by molar-refractivity contribution is 0.306. The highest BCUT2D eigenvalue weighted by atomic mass is 19.1. The minimum Gasteiger partial charge on any atom is -0.489 e. The van der Waals surface area contributed by atoms with E-state index < -0.39 is 0 Å². The Morgan fingerprint density at radius 1 is 1.05 bits per heavy atom. The van der Waals surface area contributed by atoms with Crippen molar-refractivity contribution in [3.63, 3.8) is 0 Å². The summed E-state index contributed by atoms with van der Waals surface area (Å²) in [5, 5.41) is 0. The van der Waals surface area contributed by atoms with Crippen LogP contribution in [0.15, 0.2) is 48.5 Å². The number of ether oxygens (including phenoxy) is 1. The summed E-state index contributed by atoms with van der Waals surface area (Å²) in [5.41, 5.74) is 2.68. The Hall–Kier alpha value is -2.03. The maximum absolute atomic E-state index is 13.5. The second-order valence-electron chi connectivity index (χ2n) is 5.00. The van der Waals surface area contributed by atoms with Crippen molar-refractivity contribution in [3.05, 3.63) is 59.9 Å². The van der Waals surface area contributed by atoms with Crippen LogP contribution in [0.1, 0.15) is 12.0 Å². The maximum atomic E-state index is 13.5. The van der Waals surface area contributed by atoms with Crippen LogP contribution in [0.5, 0.6) is 5.75 Å². The summed E-state index contributed by atoms with van der Waals surface area (Å²) in [4.78, 5) is 2.32. The van der Waals surface area contributed by atoms with Gasteiger partial charge in [-0.1, -0.05) is 30.3 Å². The molecule has 3 heteroatoms. The van der Waals surface area contributed by atoms with Crippen LogP contribution in [0.2, 0.25) is 0 Å². The number of rotatable bonds is 4. The molecule has 0 radical (unpaired) electrons. The average molecular weight is 271 g/mol. The zero-order valence-electron chi connectivity index (χ0n) is 11.4. The van der Waals surface area contributed by atoms with E-state index in [-0.39, 0.29) is 5.82 Å². The highest BCUT2D eigenvalue weighted by Crippen LogP contribution is 2.26. The fourth-order valence-electron chi connectivity index (χ4n) is 2.67. The maximum Gasteiger partial charge on any atom is 0.165 e. The van der Waals surface area contributed by atoms with Gasteiger partial charge in [-0.15, -0.1) is 0 Å². The topological polar surface area (TPSA) is 12.5 Å². The van der Waals surface area contributed by atoms with E-state index in [1.807, 2.05) is 0 Å². The third-order valence-electron chi connectivity index (χ3n) is 3.66. The standard InChI is InChI=1S/C17H18FNO/c18-15-8-2-4-10-17(15)20-13-12-19-11-5-7-14-6-1-3-9-16(14)19/h1-4,6,8-10H,5,7,11-13H2. The number of aryl methyl sites for hydroxylation is 1. The highest BCUT2D eigenvalue weighted by Gasteiger charge is 2.15. The van der Waals surface area contributed by atoms with Gasteiger partial charge in [-0.2, -0.15) is 0 Å². The number of nitrogens with zero attached hydrogens (tertiary/aromatic N) is 1. The molecule has 0 N–H and O–H groups in total. The molecule has 104 valence electrons. The van der Waals surface area contributed by atoms with Crippen LogP contribution in [0, 0.1) is 5.82 Å². The quantitative estimate of drug-likeness (QED) is 0.841. The molecule has 0 spiro atoms. The van der Waals surface area contributed by atoms with Crippen molar-refractivity contribution in [2.24, 2.45) is 0 Å². The number of para-hydroxylation sites is 2. The summed E-state index contributed by atoms with van der Waals surface area (Å²) < 4.78 is 19.0. The normalized spacial score (nSPS) is 13.9. The van der Waals surface area contributed by atoms with E-state index in [4.69, 9.17) is 4.74 Å². The second-order valence-corrected chi connectivity index (χ2v) is 5.00. The summed E-state index contributed by atoms with van der Waals surface area (Å²) in [5.74, 6) is 0.0318. The summed E-state index contributed by atoms with van der Waals surface area (Å²) in [6.07, 6.45) is 2.30. The Morgan fingerprint density at radius 3 is 2.75 bits per heavy atom. The third kappa shape index (κ3) is 2.77. The van der Waals surface area contributed by atoms with Crippen molar-refractivity contribution in [1.82, 2.24) is 0 Å². The molecule has 0 aromatic heterocycles. The van der Waals surface area contributed by atoms with E-state index in [2.05, 4.69) is 29.2 Å². The van der Waals surface area contributed by atoms with Crippen LogP contribution in [0.25, 0.3) is 0 Å². The van der Waals surface area contributed by atoms with Crippen molar-refractivity contribution >= 4 is 5.69 Å². The van der Waals surface area contributed by atoms with Gasteiger partial charge in [-0.3, -0.25) is 0 Å². The van der Waals surface area contributed by atoms with Gasteiger partial charge in [-0.05, 0) is 36.6 Å². The molecular formula is C17H18FNO. The Kier molecular flexibility index (Phi) is 3.86. The lowest BCUT2D eigenvalue weighted by Crippen LogP contribution is -2.33. The number of benzene rings is 2. The van der Waals surface area contributed by atoms with Gasteiger partial charge in [0.15, 0.2) is 11.6 Å². The zero-order valence-corrected chi connectivity index (χ0v) is 11.4. The first-order valence-corrected chi connectivity index (χ1v) is 7.05. The third-order valence-corrected chi connectivity index (χ3v) is 3.66. The highest BCUT2D eigenvalue weighted by molar-refractivity contribution is 5.55. The first kappa shape index (κ1) is 13.0. The molecule has 1 aliphatic rings. The van der Waals surface area contributed by atoms with Gasteiger partial charge in [0.25, 0.3) is 0 Å². The van der Waals surface area contributed by atoms with E-state index in [1.165, 1.54) is 17.3 Å². The van der Waals surface area contributed by atoms with Crippen molar-refractivity contribution in [2.75, 3.05) is 24.6 Å². The van der Waals surface area contributed by atoms with E-state index in [9.17, 15) is 4.39 Å². The first-order chi connectivity index (χ1) is 9.84. The van der Waals surface area contributed by atoms with Crippen LogP contribution < -0.4 is 9.64 Å². The molecule has 0 amide bonds. The minimum absolute atomic E-state index is 0.299. The Morgan fingerprint density at radius 2 is 1.85 bits per heavy atom. The van der Waals surface area contributed by atoms with E-state index >= 15 is 0 Å². The van der Waals surface area contributed by atoms with Crippen molar-refractivity contribution < 1.29 is 9.13 Å². The van der Waals surface area contributed by atoms with Gasteiger partial charge in [0.05, 0.1) is 6.54 Å². The molecule has 2 nitrogen and oxygen atoms in total. The Labute approximate surface area is 118 Å². The number of hydrogen-bond acceptors (Lipinski definition) is 2. The van der Waals surface area contributed by atoms with E-state index in [1.54, 1.807) is 18.2 Å². The molecule has 0 bridgehead atoms. The Bertz CT molecular complexity index is 585. The van der Waals surface area contributed by atoms with Crippen molar-refractivity contribution in [2.45, 2.75) is 12.8 Å². The fourth-order valence-corrected chi connectivity index (χ4v) is 2.67. The van der Waals surface area contributed by atoms with Crippen LogP contribution in [0.4, 0.5) is 10.1 Å². The van der Waals surface area contributed by atoms with Crippen LogP contribution in [-0.4, -0.2) is 19.7 Å². The first-order valence-electron chi connectivity index (χ1n) is 7.05. The van der Waals surface area contributed by atoms with Crippen LogP contribution in [0.3, 0.4) is 0 Å². The van der Waals surface area contributed by atoms with Gasteiger partial charge in [0.1, 0.15) is 6.61 Å². The molecule has 2 aromatic rings. The molecule has 0 unspecified atom stereocenters. The molecule has 3 rings (SSSR count). The molecule has 1 aliphatic heterocycles. The van der Waals surface area contributed by atoms with Gasteiger partial charge >= 0.3 is 0 Å². The van der Waals surface area contributed by atoms with Crippen molar-refractivity contribution in [1.29, 1.82) is 0 Å². The predicted octanol–water partition coefficient (Wildman–Crippen LogP) is 3.66. The minimum atomic E-state index is -0.299. The predicted molar refractivity (Wildman–Crippen MR) is 78.9 cm³/mol. The summed E-state index contributed by atoms with van der Waals surface area (Å²) >= 11 is 0. The Balaban J connectivity index is 1.61. The van der Waals surface area contributed by atoms with Gasteiger partial charge < -0.3 is 9.64 Å². The largest absolute Gasteiger partial charge is 0.489 e. The second kappa shape index (κ2) is 5.95. The van der Waals surface area contributed by atoms with Crippen LogP contribution in [-0.2, 0) is 6.42 Å². The van der Waals surface area contributed by atoms with E-state index in [0.29, 0.717) is 12.4 Å². The summed E-state index contributed by atoms with van der Waals surface area (Å²) in [6.45, 7) is 2.32. The average Bonchev–Trinajstić information content (AvgIpc) is 2.49. The lowest BCUT2D eigenvalue weighted by atomic mass is 10.0. The summed E-state index contributed by atoms with van der Waals surface area (Å²) in [6, 6.07) is 15.0. The molecular weight excluding hydrogens is 253 g/mol. The monoisotopic (exact) mass is 271 g/mol. The lowest BCUT2D eigenvalue weighted by Gasteiger charge is -2.31. The SMILES string of the molecule is Fc1ccccc1OCCN1CCCc2ccccc21. The van der Waals surface area contributed by atoms with Crippen molar-refractivity contribution in [3.8, 4) is 5.75 Å². The van der Waals surface area contributed by atoms with Gasteiger partial charge in [0, 0.05) is 12.2 Å². The smallest absolute Gasteiger partial charge is 0.165 e. The van der Waals surface area contributed by atoms with Gasteiger partial charge in [0.2, 0.25) is 0 Å². The zero-order chi connectivity index (χ0) is 13.8. The van der Waals surface area contributed by atoms with E-state index in [0.717, 1.165) is 25.9 Å². The summed E-state index contributed by atoms with van der Waals surface area (Å²) in [7, 11) is 0.